The molecule has 2 amide bonds. The van der Waals surface area contributed by atoms with Gasteiger partial charge in [0.2, 0.25) is 0 Å². The highest BCUT2D eigenvalue weighted by Crippen LogP contribution is 2.32. The zero-order valence-electron chi connectivity index (χ0n) is 13.7. The second kappa shape index (κ2) is 7.30. The zero-order valence-corrected chi connectivity index (χ0v) is 13.7. The first kappa shape index (κ1) is 16.2. The number of hydrogen-bond donors (Lipinski definition) is 1. The number of ether oxygens (including phenoxy) is 1. The molecule has 1 saturated heterocycles. The van der Waals surface area contributed by atoms with Crippen molar-refractivity contribution < 1.29 is 13.9 Å². The van der Waals surface area contributed by atoms with Crippen molar-refractivity contribution >= 4 is 6.03 Å². The van der Waals surface area contributed by atoms with Crippen molar-refractivity contribution in [2.75, 3.05) is 26.3 Å². The molecule has 0 aromatic heterocycles. The first-order valence-electron chi connectivity index (χ1n) is 8.59. The fraction of sp³-hybridized carbons (Fsp3) is 0.611. The second-order valence-corrected chi connectivity index (χ2v) is 6.50. The van der Waals surface area contributed by atoms with E-state index in [2.05, 4.69) is 5.32 Å². The average molecular weight is 320 g/mol. The molecule has 126 valence electrons. The maximum Gasteiger partial charge on any atom is 0.317 e. The van der Waals surface area contributed by atoms with E-state index >= 15 is 0 Å². The van der Waals surface area contributed by atoms with Crippen LogP contribution in [0, 0.1) is 11.7 Å². The van der Waals surface area contributed by atoms with Gasteiger partial charge in [-0.15, -0.1) is 0 Å². The third-order valence-corrected chi connectivity index (χ3v) is 4.85. The van der Waals surface area contributed by atoms with Crippen LogP contribution in [0.5, 0.6) is 0 Å². The third kappa shape index (κ3) is 3.83. The van der Waals surface area contributed by atoms with Gasteiger partial charge in [0.1, 0.15) is 5.82 Å². The van der Waals surface area contributed by atoms with Crippen LogP contribution in [-0.2, 0) is 11.2 Å². The molecule has 23 heavy (non-hydrogen) atoms. The summed E-state index contributed by atoms with van der Waals surface area (Å²) in [6.45, 7) is 4.96. The van der Waals surface area contributed by atoms with E-state index in [4.69, 9.17) is 4.74 Å². The first-order valence-corrected chi connectivity index (χ1v) is 8.59. The largest absolute Gasteiger partial charge is 0.381 e. The Balaban J connectivity index is 1.59. The number of nitrogens with zero attached hydrogens (tertiary/aromatic N) is 1. The molecule has 1 fully saturated rings. The summed E-state index contributed by atoms with van der Waals surface area (Å²) in [5.74, 6) is 0.183. The fourth-order valence-electron chi connectivity index (χ4n) is 3.63. The predicted molar refractivity (Wildman–Crippen MR) is 86.8 cm³/mol. The number of urea groups is 1. The van der Waals surface area contributed by atoms with Crippen LogP contribution in [0.3, 0.4) is 0 Å². The smallest absolute Gasteiger partial charge is 0.317 e. The summed E-state index contributed by atoms with van der Waals surface area (Å²) >= 11 is 0. The summed E-state index contributed by atoms with van der Waals surface area (Å²) in [6.07, 6.45) is 3.87. The molecule has 1 N–H and O–H groups in total. The van der Waals surface area contributed by atoms with Crippen LogP contribution in [0.25, 0.3) is 0 Å². The highest BCUT2D eigenvalue weighted by molar-refractivity contribution is 5.75. The van der Waals surface area contributed by atoms with Gasteiger partial charge in [0.25, 0.3) is 0 Å². The van der Waals surface area contributed by atoms with E-state index in [1.54, 1.807) is 6.07 Å². The Morgan fingerprint density at radius 3 is 3.13 bits per heavy atom. The van der Waals surface area contributed by atoms with Crippen molar-refractivity contribution in [2.24, 2.45) is 5.92 Å². The lowest BCUT2D eigenvalue weighted by molar-refractivity contribution is 0.0751. The molecular formula is C18H25FN2O2. The highest BCUT2D eigenvalue weighted by atomic mass is 19.1. The number of hydrogen-bond acceptors (Lipinski definition) is 2. The molecule has 1 heterocycles. The molecule has 1 aromatic carbocycles. The standard InChI is InChI=1S/C18H25FN2O2/c1-2-23-12-13-4-3-9-21(11-13)18(22)20-17-8-6-14-5-7-15(19)10-16(14)17/h5,7,10,13,17H,2-4,6,8-9,11-12H2,1H3,(H,20,22)/t13-,17-/m1/s1. The number of likely N-dealkylation sites (tertiary alicyclic amines) is 1. The molecule has 5 heteroatoms. The number of aryl methyl sites for hydroxylation is 1. The van der Waals surface area contributed by atoms with Crippen LogP contribution in [0.15, 0.2) is 18.2 Å². The Bertz CT molecular complexity index is 564. The molecule has 0 spiro atoms. The molecular weight excluding hydrogens is 295 g/mol. The topological polar surface area (TPSA) is 41.6 Å². The lowest BCUT2D eigenvalue weighted by Crippen LogP contribution is -2.47. The van der Waals surface area contributed by atoms with Crippen molar-refractivity contribution in [3.63, 3.8) is 0 Å². The minimum atomic E-state index is -0.236. The molecule has 2 aliphatic rings. The number of carbonyl (C=O) groups is 1. The van der Waals surface area contributed by atoms with Crippen LogP contribution in [0.2, 0.25) is 0 Å². The Hall–Kier alpha value is -1.62. The van der Waals surface area contributed by atoms with Crippen molar-refractivity contribution in [3.05, 3.63) is 35.1 Å². The molecule has 0 bridgehead atoms. The molecule has 3 rings (SSSR count). The lowest BCUT2D eigenvalue weighted by atomic mass is 9.99. The van der Waals surface area contributed by atoms with Crippen molar-refractivity contribution in [3.8, 4) is 0 Å². The summed E-state index contributed by atoms with van der Waals surface area (Å²) in [4.78, 5) is 14.4. The van der Waals surface area contributed by atoms with Gasteiger partial charge in [0.15, 0.2) is 0 Å². The summed E-state index contributed by atoms with van der Waals surface area (Å²) in [5, 5.41) is 3.09. The zero-order chi connectivity index (χ0) is 16.2. The Morgan fingerprint density at radius 1 is 1.43 bits per heavy atom. The van der Waals surface area contributed by atoms with E-state index in [-0.39, 0.29) is 17.9 Å². The number of rotatable bonds is 4. The Labute approximate surface area is 137 Å². The second-order valence-electron chi connectivity index (χ2n) is 6.50. The lowest BCUT2D eigenvalue weighted by Gasteiger charge is -2.33. The summed E-state index contributed by atoms with van der Waals surface area (Å²) in [6, 6.07) is 4.78. The van der Waals surface area contributed by atoms with Gasteiger partial charge in [-0.2, -0.15) is 0 Å². The van der Waals surface area contributed by atoms with Crippen LogP contribution in [0.4, 0.5) is 9.18 Å². The first-order chi connectivity index (χ1) is 11.2. The van der Waals surface area contributed by atoms with Crippen LogP contribution >= 0.6 is 0 Å². The minimum absolute atomic E-state index is 0.0340. The van der Waals surface area contributed by atoms with Crippen molar-refractivity contribution in [1.82, 2.24) is 10.2 Å². The van der Waals surface area contributed by atoms with Gasteiger partial charge in [0, 0.05) is 25.6 Å². The van der Waals surface area contributed by atoms with Crippen molar-refractivity contribution in [1.29, 1.82) is 0 Å². The third-order valence-electron chi connectivity index (χ3n) is 4.85. The van der Waals surface area contributed by atoms with E-state index in [0.717, 1.165) is 56.5 Å². The molecule has 0 unspecified atom stereocenters. The monoisotopic (exact) mass is 320 g/mol. The van der Waals surface area contributed by atoms with Gasteiger partial charge < -0.3 is 15.0 Å². The number of halogens is 1. The number of amides is 2. The molecule has 0 radical (unpaired) electrons. The van der Waals surface area contributed by atoms with Gasteiger partial charge in [-0.1, -0.05) is 6.07 Å². The Kier molecular flexibility index (Phi) is 5.16. The van der Waals surface area contributed by atoms with Gasteiger partial charge in [-0.05, 0) is 55.9 Å². The fourth-order valence-corrected chi connectivity index (χ4v) is 3.63. The minimum Gasteiger partial charge on any atom is -0.381 e. The molecule has 0 saturated carbocycles. The number of fused-ring (bicyclic) bond motifs is 1. The Morgan fingerprint density at radius 2 is 2.30 bits per heavy atom. The molecule has 4 nitrogen and oxygen atoms in total. The predicted octanol–water partition coefficient (Wildman–Crippen LogP) is 3.27. The molecule has 1 aliphatic heterocycles. The van der Waals surface area contributed by atoms with Gasteiger partial charge in [0.05, 0.1) is 12.6 Å². The molecule has 2 atom stereocenters. The summed E-state index contributed by atoms with van der Waals surface area (Å²) in [7, 11) is 0. The molecule has 1 aromatic rings. The van der Waals surface area contributed by atoms with Crippen LogP contribution in [0.1, 0.15) is 43.4 Å². The number of benzene rings is 1. The van der Waals surface area contributed by atoms with Crippen molar-refractivity contribution in [2.45, 2.75) is 38.6 Å². The van der Waals surface area contributed by atoms with E-state index < -0.39 is 0 Å². The summed E-state index contributed by atoms with van der Waals surface area (Å²) in [5.41, 5.74) is 2.07. The van der Waals surface area contributed by atoms with Crippen LogP contribution < -0.4 is 5.32 Å². The number of carbonyl (C=O) groups excluding carboxylic acids is 1. The van der Waals surface area contributed by atoms with E-state index in [1.807, 2.05) is 17.9 Å². The van der Waals surface area contributed by atoms with E-state index in [1.165, 1.54) is 6.07 Å². The number of piperidine rings is 1. The van der Waals surface area contributed by atoms with E-state index in [0.29, 0.717) is 12.5 Å². The number of nitrogens with one attached hydrogen (secondary N) is 1. The molecule has 1 aliphatic carbocycles. The van der Waals surface area contributed by atoms with Gasteiger partial charge in [-0.3, -0.25) is 0 Å². The SMILES string of the molecule is CCOC[C@@H]1CCCN(C(=O)N[C@@H]2CCc3ccc(F)cc32)C1. The maximum atomic E-state index is 13.5. The normalized spacial score (nSPS) is 23.7. The average Bonchev–Trinajstić information content (AvgIpc) is 2.95. The van der Waals surface area contributed by atoms with Gasteiger partial charge >= 0.3 is 6.03 Å². The quantitative estimate of drug-likeness (QED) is 0.925. The van der Waals surface area contributed by atoms with Crippen LogP contribution in [-0.4, -0.2) is 37.2 Å². The van der Waals surface area contributed by atoms with E-state index in [9.17, 15) is 9.18 Å². The maximum absolute atomic E-state index is 13.5. The van der Waals surface area contributed by atoms with Gasteiger partial charge in [-0.25, -0.2) is 9.18 Å². The summed E-state index contributed by atoms with van der Waals surface area (Å²) < 4.78 is 19.0. The highest BCUT2D eigenvalue weighted by Gasteiger charge is 2.28.